The number of aromatic carboxylic acids is 1. The number of hydrogen-bond donors (Lipinski definition) is 0. The molecular weight excluding hydrogens is 474 g/mol. The number of para-hydroxylation sites is 1. The van der Waals surface area contributed by atoms with Gasteiger partial charge in [-0.25, -0.2) is 0 Å². The Morgan fingerprint density at radius 2 is 1.47 bits per heavy atom. The van der Waals surface area contributed by atoms with Crippen molar-refractivity contribution in [3.8, 4) is 5.75 Å². The Kier molecular flexibility index (Phi) is 16.4. The summed E-state index contributed by atoms with van der Waals surface area (Å²) in [5.41, 5.74) is -0.0827. The van der Waals surface area contributed by atoms with Crippen LogP contribution < -0.4 is 9.84 Å². The highest BCUT2D eigenvalue weighted by atomic mass is 16.5. The van der Waals surface area contributed by atoms with Crippen molar-refractivity contribution >= 4 is 11.9 Å². The molecule has 1 aliphatic rings. The molecular formula is C33H55NO4. The molecule has 5 heteroatoms. The van der Waals surface area contributed by atoms with Crippen molar-refractivity contribution in [1.82, 2.24) is 0 Å². The SMILES string of the molecule is CCCCCCCC[N+]1(C)CCCC(CCCCCCCCCCCC(=O)Oc2ccccc2C(=O)[O-])C1. The van der Waals surface area contributed by atoms with Crippen molar-refractivity contribution in [3.63, 3.8) is 0 Å². The molecule has 0 saturated carbocycles. The van der Waals surface area contributed by atoms with E-state index < -0.39 is 5.97 Å². The first-order chi connectivity index (χ1) is 18.4. The summed E-state index contributed by atoms with van der Waals surface area (Å²) in [6.07, 6.45) is 23.9. The van der Waals surface area contributed by atoms with Gasteiger partial charge in [-0.05, 0) is 50.7 Å². The van der Waals surface area contributed by atoms with Crippen LogP contribution in [0.4, 0.5) is 0 Å². The molecule has 1 aliphatic heterocycles. The zero-order chi connectivity index (χ0) is 27.5. The van der Waals surface area contributed by atoms with Crippen molar-refractivity contribution in [3.05, 3.63) is 29.8 Å². The molecule has 2 atom stereocenters. The molecule has 0 amide bonds. The van der Waals surface area contributed by atoms with Gasteiger partial charge in [-0.2, -0.15) is 0 Å². The molecule has 2 unspecified atom stereocenters. The van der Waals surface area contributed by atoms with Gasteiger partial charge in [0.1, 0.15) is 5.75 Å². The second-order valence-corrected chi connectivity index (χ2v) is 12.0. The average Bonchev–Trinajstić information content (AvgIpc) is 2.89. The summed E-state index contributed by atoms with van der Waals surface area (Å²) in [6.45, 7) is 6.48. The van der Waals surface area contributed by atoms with Crippen LogP contribution >= 0.6 is 0 Å². The summed E-state index contributed by atoms with van der Waals surface area (Å²) < 4.78 is 6.54. The molecule has 1 aromatic carbocycles. The number of ether oxygens (including phenoxy) is 1. The molecule has 2 rings (SSSR count). The van der Waals surface area contributed by atoms with Gasteiger partial charge in [0.15, 0.2) is 0 Å². The Morgan fingerprint density at radius 1 is 0.868 bits per heavy atom. The predicted molar refractivity (Wildman–Crippen MR) is 154 cm³/mol. The van der Waals surface area contributed by atoms with Gasteiger partial charge in [0.2, 0.25) is 0 Å². The molecule has 0 N–H and O–H groups in total. The standard InChI is InChI=1S/C33H55NO4/c1-3-4-5-6-14-19-26-34(2)27-20-22-29(28-34)21-15-12-10-8-7-9-11-13-16-25-32(35)38-31-24-18-17-23-30(31)33(36)37/h17-18,23-24,29H,3-16,19-22,25-28H2,1-2H3. The van der Waals surface area contributed by atoms with Crippen LogP contribution in [0.2, 0.25) is 0 Å². The molecule has 1 aromatic rings. The number of esters is 1. The van der Waals surface area contributed by atoms with Crippen LogP contribution in [0.1, 0.15) is 139 Å². The van der Waals surface area contributed by atoms with E-state index in [4.69, 9.17) is 4.74 Å². The van der Waals surface area contributed by atoms with Gasteiger partial charge >= 0.3 is 5.97 Å². The molecule has 1 heterocycles. The van der Waals surface area contributed by atoms with E-state index in [1.54, 1.807) is 12.1 Å². The van der Waals surface area contributed by atoms with Crippen LogP contribution in [0.25, 0.3) is 0 Å². The fourth-order valence-corrected chi connectivity index (χ4v) is 6.12. The number of nitrogens with zero attached hydrogens (tertiary/aromatic N) is 1. The van der Waals surface area contributed by atoms with Gasteiger partial charge in [-0.15, -0.1) is 0 Å². The highest BCUT2D eigenvalue weighted by Gasteiger charge is 2.30. The number of carboxylic acid groups (broad SMARTS) is 1. The average molecular weight is 530 g/mol. The molecule has 0 bridgehead atoms. The minimum absolute atomic E-state index is 0.0715. The largest absolute Gasteiger partial charge is 0.545 e. The number of carbonyl (C=O) groups excluding carboxylic acids is 2. The van der Waals surface area contributed by atoms with Crippen LogP contribution in [-0.2, 0) is 4.79 Å². The third-order valence-electron chi connectivity index (χ3n) is 8.38. The van der Waals surface area contributed by atoms with Gasteiger partial charge in [-0.1, -0.05) is 96.1 Å². The molecule has 0 radical (unpaired) electrons. The summed E-state index contributed by atoms with van der Waals surface area (Å²) in [6, 6.07) is 6.12. The number of carbonyl (C=O) groups is 2. The molecule has 216 valence electrons. The van der Waals surface area contributed by atoms with Gasteiger partial charge in [0.05, 0.1) is 32.7 Å². The number of carboxylic acids is 1. The number of unbranched alkanes of at least 4 members (excludes halogenated alkanes) is 13. The normalized spacial score (nSPS) is 19.4. The van der Waals surface area contributed by atoms with Crippen molar-refractivity contribution in [2.24, 2.45) is 5.92 Å². The summed E-state index contributed by atoms with van der Waals surface area (Å²) >= 11 is 0. The van der Waals surface area contributed by atoms with Crippen molar-refractivity contribution in [2.45, 2.75) is 129 Å². The molecule has 0 aromatic heterocycles. The predicted octanol–water partition coefficient (Wildman–Crippen LogP) is 7.46. The van der Waals surface area contributed by atoms with Crippen LogP contribution in [0.15, 0.2) is 24.3 Å². The summed E-state index contributed by atoms with van der Waals surface area (Å²) in [5, 5.41) is 11.1. The lowest BCUT2D eigenvalue weighted by Crippen LogP contribution is -2.51. The maximum absolute atomic E-state index is 12.0. The van der Waals surface area contributed by atoms with Gasteiger partial charge in [0, 0.05) is 17.9 Å². The monoisotopic (exact) mass is 529 g/mol. The van der Waals surface area contributed by atoms with Gasteiger partial charge in [0.25, 0.3) is 0 Å². The lowest BCUT2D eigenvalue weighted by Gasteiger charge is -2.41. The number of piperidine rings is 1. The van der Waals surface area contributed by atoms with E-state index in [1.807, 2.05) is 0 Å². The van der Waals surface area contributed by atoms with Crippen molar-refractivity contribution in [1.29, 1.82) is 0 Å². The van der Waals surface area contributed by atoms with Gasteiger partial charge < -0.3 is 19.1 Å². The zero-order valence-electron chi connectivity index (χ0n) is 24.5. The maximum Gasteiger partial charge on any atom is 0.311 e. The quantitative estimate of drug-likeness (QED) is 0.0717. The number of benzene rings is 1. The van der Waals surface area contributed by atoms with Crippen molar-refractivity contribution in [2.75, 3.05) is 26.7 Å². The number of quaternary nitrogens is 1. The minimum atomic E-state index is -1.33. The van der Waals surface area contributed by atoms with Crippen LogP contribution in [0.3, 0.4) is 0 Å². The highest BCUT2D eigenvalue weighted by Crippen LogP contribution is 2.27. The topological polar surface area (TPSA) is 66.4 Å². The second kappa shape index (κ2) is 19.2. The van der Waals surface area contributed by atoms with E-state index in [9.17, 15) is 14.7 Å². The number of rotatable bonds is 21. The van der Waals surface area contributed by atoms with E-state index in [-0.39, 0.29) is 17.3 Å². The lowest BCUT2D eigenvalue weighted by molar-refractivity contribution is -0.917. The van der Waals surface area contributed by atoms with Crippen LogP contribution in [-0.4, -0.2) is 43.1 Å². The first-order valence-corrected chi connectivity index (χ1v) is 15.8. The Morgan fingerprint density at radius 3 is 2.16 bits per heavy atom. The fraction of sp³-hybridized carbons (Fsp3) is 0.758. The fourth-order valence-electron chi connectivity index (χ4n) is 6.12. The van der Waals surface area contributed by atoms with Crippen LogP contribution in [0, 0.1) is 5.92 Å². The zero-order valence-corrected chi connectivity index (χ0v) is 24.5. The Hall–Kier alpha value is -1.88. The van der Waals surface area contributed by atoms with E-state index in [2.05, 4.69) is 14.0 Å². The third kappa shape index (κ3) is 13.8. The van der Waals surface area contributed by atoms with E-state index in [1.165, 1.54) is 133 Å². The summed E-state index contributed by atoms with van der Waals surface area (Å²) in [7, 11) is 2.51. The summed E-state index contributed by atoms with van der Waals surface area (Å²) in [4.78, 5) is 23.1. The maximum atomic E-state index is 12.0. The van der Waals surface area contributed by atoms with E-state index in [0.717, 1.165) is 25.2 Å². The Bertz CT molecular complexity index is 795. The third-order valence-corrected chi connectivity index (χ3v) is 8.38. The Balaban J connectivity index is 1.42. The minimum Gasteiger partial charge on any atom is -0.545 e. The number of likely N-dealkylation sites (tertiary alicyclic amines) is 1. The molecule has 1 saturated heterocycles. The second-order valence-electron chi connectivity index (χ2n) is 12.0. The molecule has 38 heavy (non-hydrogen) atoms. The number of hydrogen-bond acceptors (Lipinski definition) is 4. The molecule has 1 fully saturated rings. The molecule has 0 spiro atoms. The Labute approximate surface area is 232 Å². The first-order valence-electron chi connectivity index (χ1n) is 15.8. The molecule has 5 nitrogen and oxygen atoms in total. The van der Waals surface area contributed by atoms with Crippen molar-refractivity contribution < 1.29 is 23.9 Å². The van der Waals surface area contributed by atoms with Gasteiger partial charge in [-0.3, -0.25) is 4.79 Å². The van der Waals surface area contributed by atoms with E-state index in [0.29, 0.717) is 6.42 Å². The van der Waals surface area contributed by atoms with Crippen LogP contribution in [0.5, 0.6) is 5.75 Å². The first kappa shape index (κ1) is 32.3. The lowest BCUT2D eigenvalue weighted by atomic mass is 9.90. The summed E-state index contributed by atoms with van der Waals surface area (Å²) in [5.74, 6) is -0.696. The smallest absolute Gasteiger partial charge is 0.311 e. The molecule has 0 aliphatic carbocycles. The van der Waals surface area contributed by atoms with E-state index >= 15 is 0 Å². The highest BCUT2D eigenvalue weighted by molar-refractivity contribution is 5.90.